The molecule has 0 fully saturated rings. The van der Waals surface area contributed by atoms with E-state index in [1.807, 2.05) is 0 Å². The van der Waals surface area contributed by atoms with Crippen molar-refractivity contribution in [2.45, 2.75) is 32.6 Å². The number of unbranched alkanes of at least 4 members (excludes halogenated alkanes) is 2. The zero-order chi connectivity index (χ0) is 7.11. The van der Waals surface area contributed by atoms with Crippen LogP contribution in [0.4, 0.5) is 0 Å². The van der Waals surface area contributed by atoms with E-state index in [0.717, 1.165) is 19.3 Å². The van der Waals surface area contributed by atoms with Gasteiger partial charge in [-0.05, 0) is 6.42 Å². The standard InChI is InChI=1S/C7H14O2.H2S/c1-3-4-5-6-7(8)9-2;/h3-6H2,1-2H3;1H2. The lowest BCUT2D eigenvalue weighted by Gasteiger charge is -1.95. The maximum atomic E-state index is 10.5. The van der Waals surface area contributed by atoms with Crippen molar-refractivity contribution in [2.24, 2.45) is 0 Å². The van der Waals surface area contributed by atoms with Gasteiger partial charge in [0.15, 0.2) is 0 Å². The van der Waals surface area contributed by atoms with Crippen molar-refractivity contribution in [3.05, 3.63) is 0 Å². The zero-order valence-electron chi connectivity index (χ0n) is 6.64. The molecule has 0 N–H and O–H groups in total. The van der Waals surface area contributed by atoms with Crippen LogP contribution in [0, 0.1) is 0 Å². The van der Waals surface area contributed by atoms with E-state index in [0.29, 0.717) is 6.42 Å². The Kier molecular flexibility index (Phi) is 11.0. The van der Waals surface area contributed by atoms with E-state index in [2.05, 4.69) is 11.7 Å². The molecule has 0 bridgehead atoms. The van der Waals surface area contributed by atoms with Crippen LogP contribution in [0.1, 0.15) is 32.6 Å². The fraction of sp³-hybridized carbons (Fsp3) is 0.857. The van der Waals surface area contributed by atoms with Crippen molar-refractivity contribution in [2.75, 3.05) is 7.11 Å². The Morgan fingerprint density at radius 2 is 2.00 bits per heavy atom. The molecule has 0 aromatic rings. The van der Waals surface area contributed by atoms with Crippen molar-refractivity contribution in [3.8, 4) is 0 Å². The number of hydrogen-bond donors (Lipinski definition) is 0. The van der Waals surface area contributed by atoms with Gasteiger partial charge in [-0.15, -0.1) is 0 Å². The molecule has 0 amide bonds. The minimum Gasteiger partial charge on any atom is -0.469 e. The van der Waals surface area contributed by atoms with Gasteiger partial charge in [-0.25, -0.2) is 0 Å². The molecule has 2 nitrogen and oxygen atoms in total. The lowest BCUT2D eigenvalue weighted by molar-refractivity contribution is -0.140. The second-order valence-electron chi connectivity index (χ2n) is 2.03. The Balaban J connectivity index is 0. The number of ether oxygens (including phenoxy) is 1. The molecule has 10 heavy (non-hydrogen) atoms. The molecule has 0 aliphatic heterocycles. The predicted molar refractivity (Wildman–Crippen MR) is 46.5 cm³/mol. The Hall–Kier alpha value is -0.180. The van der Waals surface area contributed by atoms with Crippen molar-refractivity contribution in [1.29, 1.82) is 0 Å². The van der Waals surface area contributed by atoms with Crippen LogP contribution >= 0.6 is 13.5 Å². The highest BCUT2D eigenvalue weighted by Gasteiger charge is 1.96. The smallest absolute Gasteiger partial charge is 0.305 e. The SMILES string of the molecule is CCCCCC(=O)OC.S. The summed E-state index contributed by atoms with van der Waals surface area (Å²) in [7, 11) is 1.42. The predicted octanol–water partition coefficient (Wildman–Crippen LogP) is 1.85. The normalized spacial score (nSPS) is 8.20. The molecule has 0 rings (SSSR count). The summed E-state index contributed by atoms with van der Waals surface area (Å²) in [6.45, 7) is 2.11. The summed E-state index contributed by atoms with van der Waals surface area (Å²) >= 11 is 0. The molecule has 0 atom stereocenters. The minimum absolute atomic E-state index is 0. The topological polar surface area (TPSA) is 26.3 Å². The average molecular weight is 164 g/mol. The third-order valence-corrected chi connectivity index (χ3v) is 1.21. The van der Waals surface area contributed by atoms with E-state index in [1.165, 1.54) is 7.11 Å². The maximum Gasteiger partial charge on any atom is 0.305 e. The van der Waals surface area contributed by atoms with E-state index in [1.54, 1.807) is 0 Å². The van der Waals surface area contributed by atoms with E-state index < -0.39 is 0 Å². The van der Waals surface area contributed by atoms with E-state index in [9.17, 15) is 4.79 Å². The van der Waals surface area contributed by atoms with Crippen molar-refractivity contribution in [1.82, 2.24) is 0 Å². The highest BCUT2D eigenvalue weighted by Crippen LogP contribution is 1.98. The first-order valence-electron chi connectivity index (χ1n) is 3.38. The van der Waals surface area contributed by atoms with Crippen LogP contribution in [0.2, 0.25) is 0 Å². The summed E-state index contributed by atoms with van der Waals surface area (Å²) in [5.41, 5.74) is 0. The highest BCUT2D eigenvalue weighted by molar-refractivity contribution is 7.59. The number of methoxy groups -OCH3 is 1. The highest BCUT2D eigenvalue weighted by atomic mass is 32.1. The van der Waals surface area contributed by atoms with Gasteiger partial charge >= 0.3 is 5.97 Å². The number of rotatable bonds is 4. The Labute approximate surface area is 69.4 Å². The zero-order valence-corrected chi connectivity index (χ0v) is 7.64. The second-order valence-corrected chi connectivity index (χ2v) is 2.03. The molecule has 0 saturated carbocycles. The van der Waals surface area contributed by atoms with Gasteiger partial charge in [0.1, 0.15) is 0 Å². The fourth-order valence-corrected chi connectivity index (χ4v) is 0.621. The summed E-state index contributed by atoms with van der Waals surface area (Å²) in [6.07, 6.45) is 3.81. The number of hydrogen-bond acceptors (Lipinski definition) is 2. The first kappa shape index (κ1) is 12.5. The van der Waals surface area contributed by atoms with Gasteiger partial charge in [0.05, 0.1) is 7.11 Å². The molecule has 0 aromatic carbocycles. The molecule has 0 spiro atoms. The molecular weight excluding hydrogens is 148 g/mol. The van der Waals surface area contributed by atoms with Crippen LogP contribution in [0.3, 0.4) is 0 Å². The average Bonchev–Trinajstić information content (AvgIpc) is 1.89. The Bertz CT molecular complexity index is 83.7. The molecule has 0 saturated heterocycles. The molecule has 0 heterocycles. The van der Waals surface area contributed by atoms with E-state index in [4.69, 9.17) is 0 Å². The largest absolute Gasteiger partial charge is 0.469 e. The van der Waals surface area contributed by atoms with Gasteiger partial charge in [-0.3, -0.25) is 4.79 Å². The van der Waals surface area contributed by atoms with Crippen molar-refractivity contribution in [3.63, 3.8) is 0 Å². The third-order valence-electron chi connectivity index (χ3n) is 1.21. The third kappa shape index (κ3) is 7.82. The quantitative estimate of drug-likeness (QED) is 0.468. The van der Waals surface area contributed by atoms with Crippen LogP contribution in [0.15, 0.2) is 0 Å². The fourth-order valence-electron chi connectivity index (χ4n) is 0.621. The van der Waals surface area contributed by atoms with Gasteiger partial charge in [-0.1, -0.05) is 19.8 Å². The van der Waals surface area contributed by atoms with Crippen molar-refractivity contribution < 1.29 is 9.53 Å². The van der Waals surface area contributed by atoms with Gasteiger partial charge in [-0.2, -0.15) is 13.5 Å². The van der Waals surface area contributed by atoms with Crippen LogP contribution < -0.4 is 0 Å². The maximum absolute atomic E-state index is 10.5. The number of carbonyl (C=O) groups excluding carboxylic acids is 1. The van der Waals surface area contributed by atoms with Gasteiger partial charge < -0.3 is 4.74 Å². The van der Waals surface area contributed by atoms with Gasteiger partial charge in [0.25, 0.3) is 0 Å². The molecule has 0 aliphatic rings. The first-order valence-corrected chi connectivity index (χ1v) is 3.38. The summed E-state index contributed by atoms with van der Waals surface area (Å²) in [4.78, 5) is 10.5. The van der Waals surface area contributed by atoms with Gasteiger partial charge in [0, 0.05) is 6.42 Å². The van der Waals surface area contributed by atoms with Crippen LogP contribution in [0.25, 0.3) is 0 Å². The molecule has 0 unspecified atom stereocenters. The molecule has 0 aliphatic carbocycles. The molecule has 0 radical (unpaired) electrons. The lowest BCUT2D eigenvalue weighted by atomic mass is 10.2. The molecule has 0 aromatic heterocycles. The Morgan fingerprint density at radius 1 is 1.40 bits per heavy atom. The second kappa shape index (κ2) is 8.82. The Morgan fingerprint density at radius 3 is 2.40 bits per heavy atom. The molecular formula is C7H16O2S. The van der Waals surface area contributed by atoms with Crippen LogP contribution in [-0.4, -0.2) is 13.1 Å². The molecule has 62 valence electrons. The van der Waals surface area contributed by atoms with Gasteiger partial charge in [0.2, 0.25) is 0 Å². The molecule has 3 heteroatoms. The summed E-state index contributed by atoms with van der Waals surface area (Å²) in [5, 5.41) is 0. The number of carbonyl (C=O) groups is 1. The minimum atomic E-state index is -0.0940. The van der Waals surface area contributed by atoms with Crippen LogP contribution in [0.5, 0.6) is 0 Å². The van der Waals surface area contributed by atoms with Crippen molar-refractivity contribution >= 4 is 19.5 Å². The summed E-state index contributed by atoms with van der Waals surface area (Å²) in [5.74, 6) is -0.0940. The van der Waals surface area contributed by atoms with E-state index >= 15 is 0 Å². The van der Waals surface area contributed by atoms with E-state index in [-0.39, 0.29) is 19.5 Å². The first-order chi connectivity index (χ1) is 4.31. The summed E-state index contributed by atoms with van der Waals surface area (Å²) in [6, 6.07) is 0. The number of esters is 1. The lowest BCUT2D eigenvalue weighted by Crippen LogP contribution is -1.98. The summed E-state index contributed by atoms with van der Waals surface area (Å²) < 4.78 is 4.46. The van der Waals surface area contributed by atoms with Crippen LogP contribution in [-0.2, 0) is 9.53 Å². The monoisotopic (exact) mass is 164 g/mol.